The van der Waals surface area contributed by atoms with Crippen molar-refractivity contribution < 1.29 is 19.2 Å². The summed E-state index contributed by atoms with van der Waals surface area (Å²) in [6, 6.07) is 11.6. The van der Waals surface area contributed by atoms with Gasteiger partial charge in [-0.05, 0) is 55.5 Å². The molecule has 0 aromatic heterocycles. The third-order valence-corrected chi connectivity index (χ3v) is 5.85. The first-order valence-electron chi connectivity index (χ1n) is 11.7. The molecule has 2 amide bonds. The Kier molecular flexibility index (Phi) is 8.46. The highest BCUT2D eigenvalue weighted by atomic mass is 32.1. The van der Waals surface area contributed by atoms with Crippen LogP contribution in [0.15, 0.2) is 42.5 Å². The van der Waals surface area contributed by atoms with Gasteiger partial charge < -0.3 is 19.9 Å². The molecule has 0 aliphatic carbocycles. The molecule has 2 N–H and O–H groups in total. The molecule has 1 saturated heterocycles. The van der Waals surface area contributed by atoms with Crippen molar-refractivity contribution in [2.45, 2.75) is 27.7 Å². The second-order valence-electron chi connectivity index (χ2n) is 9.36. The average molecular weight is 514 g/mol. The van der Waals surface area contributed by atoms with Crippen LogP contribution in [0, 0.1) is 15.5 Å². The second-order valence-corrected chi connectivity index (χ2v) is 9.77. The van der Waals surface area contributed by atoms with Crippen molar-refractivity contribution in [1.29, 1.82) is 0 Å². The lowest BCUT2D eigenvalue weighted by Gasteiger charge is -2.38. The summed E-state index contributed by atoms with van der Waals surface area (Å²) in [4.78, 5) is 39.9. The summed E-state index contributed by atoms with van der Waals surface area (Å²) in [5.41, 5.74) is 1.13. The third-order valence-electron chi connectivity index (χ3n) is 5.64. The van der Waals surface area contributed by atoms with Crippen LogP contribution in [-0.2, 0) is 4.79 Å². The fourth-order valence-electron chi connectivity index (χ4n) is 3.81. The molecule has 1 fully saturated rings. The van der Waals surface area contributed by atoms with Gasteiger partial charge in [-0.2, -0.15) is 0 Å². The monoisotopic (exact) mass is 513 g/mol. The minimum absolute atomic E-state index is 0.0681. The number of thiocarbonyl (C=S) groups is 1. The third kappa shape index (κ3) is 6.69. The van der Waals surface area contributed by atoms with E-state index >= 15 is 0 Å². The molecule has 10 nitrogen and oxygen atoms in total. The summed E-state index contributed by atoms with van der Waals surface area (Å²) in [6.45, 7) is 10.6. The largest absolute Gasteiger partial charge is 0.487 e. The predicted octanol–water partition coefficient (Wildman–Crippen LogP) is 3.82. The molecule has 0 unspecified atom stereocenters. The van der Waals surface area contributed by atoms with Gasteiger partial charge in [-0.25, -0.2) is 0 Å². The highest BCUT2D eigenvalue weighted by Gasteiger charge is 2.29. The summed E-state index contributed by atoms with van der Waals surface area (Å²) in [5, 5.41) is 16.9. The van der Waals surface area contributed by atoms with Crippen LogP contribution >= 0.6 is 12.2 Å². The molecule has 0 spiro atoms. The Balaban J connectivity index is 1.55. The van der Waals surface area contributed by atoms with Crippen molar-refractivity contribution in [3.8, 4) is 5.75 Å². The Labute approximate surface area is 215 Å². The maximum Gasteiger partial charge on any atom is 0.311 e. The molecule has 0 radical (unpaired) electrons. The lowest BCUT2D eigenvalue weighted by atomic mass is 9.94. The lowest BCUT2D eigenvalue weighted by Crippen LogP contribution is -2.51. The van der Waals surface area contributed by atoms with Crippen LogP contribution in [0.4, 0.5) is 17.1 Å². The molecule has 11 heteroatoms. The van der Waals surface area contributed by atoms with Gasteiger partial charge in [0, 0.05) is 54.6 Å². The smallest absolute Gasteiger partial charge is 0.311 e. The van der Waals surface area contributed by atoms with E-state index < -0.39 is 10.8 Å². The molecule has 36 heavy (non-hydrogen) atoms. The van der Waals surface area contributed by atoms with Gasteiger partial charge in [0.2, 0.25) is 5.91 Å². The Morgan fingerprint density at radius 2 is 1.72 bits per heavy atom. The Morgan fingerprint density at radius 3 is 2.28 bits per heavy atom. The number of nitrogens with zero attached hydrogens (tertiary/aromatic N) is 3. The Morgan fingerprint density at radius 1 is 1.08 bits per heavy atom. The van der Waals surface area contributed by atoms with E-state index in [0.717, 1.165) is 24.8 Å². The standard InChI is InChI=1S/C25H31N5O5S/c1-5-35-21-11-6-17(16-20(21)30(33)34)22(31)27-24(36)26-18-7-9-19(10-8-18)28-12-14-29(15-13-28)23(32)25(2,3)4/h6-11,16H,5,12-15H2,1-4H3,(H2,26,27,31,36). The molecule has 1 aliphatic heterocycles. The van der Waals surface area contributed by atoms with Crippen molar-refractivity contribution >= 4 is 46.2 Å². The van der Waals surface area contributed by atoms with Crippen LogP contribution < -0.4 is 20.3 Å². The molecular formula is C25H31N5O5S. The number of benzene rings is 2. The van der Waals surface area contributed by atoms with E-state index in [1.54, 1.807) is 6.92 Å². The summed E-state index contributed by atoms with van der Waals surface area (Å²) in [6.07, 6.45) is 0. The molecule has 2 aromatic carbocycles. The SMILES string of the molecule is CCOc1ccc(C(=O)NC(=S)Nc2ccc(N3CCN(C(=O)C(C)(C)C)CC3)cc2)cc1[N+](=O)[O-]. The minimum Gasteiger partial charge on any atom is -0.487 e. The Bertz CT molecular complexity index is 1140. The first-order chi connectivity index (χ1) is 17.0. The fourth-order valence-corrected chi connectivity index (χ4v) is 4.02. The Hall–Kier alpha value is -3.73. The topological polar surface area (TPSA) is 117 Å². The minimum atomic E-state index is -0.595. The van der Waals surface area contributed by atoms with Crippen molar-refractivity contribution in [3.05, 3.63) is 58.1 Å². The molecule has 1 aliphatic rings. The highest BCUT2D eigenvalue weighted by molar-refractivity contribution is 7.80. The van der Waals surface area contributed by atoms with Crippen LogP contribution in [0.3, 0.4) is 0 Å². The number of carbonyl (C=O) groups is 2. The molecular weight excluding hydrogens is 482 g/mol. The molecule has 0 atom stereocenters. The van der Waals surface area contributed by atoms with E-state index in [-0.39, 0.29) is 40.0 Å². The average Bonchev–Trinajstić information content (AvgIpc) is 2.83. The quantitative estimate of drug-likeness (QED) is 0.340. The highest BCUT2D eigenvalue weighted by Crippen LogP contribution is 2.28. The van der Waals surface area contributed by atoms with Crippen LogP contribution in [-0.4, -0.2) is 59.5 Å². The van der Waals surface area contributed by atoms with Crippen molar-refractivity contribution in [2.75, 3.05) is 43.0 Å². The van der Waals surface area contributed by atoms with Crippen molar-refractivity contribution in [3.63, 3.8) is 0 Å². The summed E-state index contributed by atoms with van der Waals surface area (Å²) >= 11 is 5.24. The summed E-state index contributed by atoms with van der Waals surface area (Å²) in [7, 11) is 0. The van der Waals surface area contributed by atoms with Gasteiger partial charge in [0.1, 0.15) is 0 Å². The van der Waals surface area contributed by atoms with Crippen molar-refractivity contribution in [2.24, 2.45) is 5.41 Å². The van der Waals surface area contributed by atoms with Gasteiger partial charge in [-0.1, -0.05) is 20.8 Å². The van der Waals surface area contributed by atoms with Crippen LogP contribution in [0.1, 0.15) is 38.1 Å². The number of nitrogens with one attached hydrogen (secondary N) is 2. The van der Waals surface area contributed by atoms with Crippen molar-refractivity contribution in [1.82, 2.24) is 10.2 Å². The number of ether oxygens (including phenoxy) is 1. The maximum atomic E-state index is 12.5. The zero-order valence-electron chi connectivity index (χ0n) is 20.9. The summed E-state index contributed by atoms with van der Waals surface area (Å²) in [5.74, 6) is -0.308. The number of piperazine rings is 1. The molecule has 0 saturated carbocycles. The molecule has 1 heterocycles. The molecule has 3 rings (SSSR count). The first-order valence-corrected chi connectivity index (χ1v) is 12.1. The first kappa shape index (κ1) is 26.9. The van der Waals surface area contributed by atoms with Gasteiger partial charge >= 0.3 is 5.69 Å². The van der Waals surface area contributed by atoms with E-state index in [1.165, 1.54) is 12.1 Å². The van der Waals surface area contributed by atoms with E-state index in [9.17, 15) is 19.7 Å². The number of carbonyl (C=O) groups excluding carboxylic acids is 2. The second kappa shape index (κ2) is 11.3. The van der Waals surface area contributed by atoms with E-state index in [4.69, 9.17) is 17.0 Å². The van der Waals surface area contributed by atoms with Crippen LogP contribution in [0.2, 0.25) is 0 Å². The van der Waals surface area contributed by atoms with Crippen LogP contribution in [0.5, 0.6) is 5.75 Å². The molecule has 192 valence electrons. The van der Waals surface area contributed by atoms with Gasteiger partial charge in [0.05, 0.1) is 11.5 Å². The number of hydrogen-bond donors (Lipinski definition) is 2. The molecule has 2 aromatic rings. The van der Waals surface area contributed by atoms with Crippen LogP contribution in [0.25, 0.3) is 0 Å². The number of anilines is 2. The summed E-state index contributed by atoms with van der Waals surface area (Å²) < 4.78 is 5.24. The maximum absolute atomic E-state index is 12.5. The number of nitro groups is 1. The number of amides is 2. The normalized spacial score (nSPS) is 13.7. The van der Waals surface area contributed by atoms with Gasteiger partial charge in [0.15, 0.2) is 10.9 Å². The zero-order valence-corrected chi connectivity index (χ0v) is 21.7. The van der Waals surface area contributed by atoms with E-state index in [0.29, 0.717) is 18.8 Å². The number of hydrogen-bond acceptors (Lipinski definition) is 7. The number of rotatable bonds is 6. The number of nitro benzene ring substituents is 1. The molecule has 0 bridgehead atoms. The predicted molar refractivity (Wildman–Crippen MR) is 143 cm³/mol. The van der Waals surface area contributed by atoms with E-state index in [1.807, 2.05) is 49.9 Å². The fraction of sp³-hybridized carbons (Fsp3) is 0.400. The van der Waals surface area contributed by atoms with Gasteiger partial charge in [-0.15, -0.1) is 0 Å². The van der Waals surface area contributed by atoms with E-state index in [2.05, 4.69) is 15.5 Å². The van der Waals surface area contributed by atoms with Gasteiger partial charge in [0.25, 0.3) is 5.91 Å². The van der Waals surface area contributed by atoms with Gasteiger partial charge in [-0.3, -0.25) is 25.0 Å². The zero-order chi connectivity index (χ0) is 26.5. The lowest BCUT2D eigenvalue weighted by molar-refractivity contribution is -0.385.